The first-order valence-electron chi connectivity index (χ1n) is 6.80. The van der Waals surface area contributed by atoms with Crippen LogP contribution in [0, 0.1) is 0 Å². The number of hydrogen-bond acceptors (Lipinski definition) is 3. The monoisotopic (exact) mass is 280 g/mol. The topological polar surface area (TPSA) is 49.4 Å². The van der Waals surface area contributed by atoms with Crippen LogP contribution >= 0.6 is 11.3 Å². The van der Waals surface area contributed by atoms with E-state index in [9.17, 15) is 9.59 Å². The average molecular weight is 280 g/mol. The summed E-state index contributed by atoms with van der Waals surface area (Å²) in [6, 6.07) is 3.30. The lowest BCUT2D eigenvalue weighted by Gasteiger charge is -2.38. The summed E-state index contributed by atoms with van der Waals surface area (Å²) >= 11 is 1.62. The zero-order chi connectivity index (χ0) is 13.8. The number of carbonyl (C=O) groups is 2. The van der Waals surface area contributed by atoms with Crippen molar-refractivity contribution in [1.29, 1.82) is 0 Å². The normalized spacial score (nSPS) is 23.6. The SMILES string of the molecule is CCCC1C(=O)NC(CC)C(=O)N1Cc1cccs1. The molecular formula is C14H20N2O2S. The van der Waals surface area contributed by atoms with E-state index in [2.05, 4.69) is 5.32 Å². The molecule has 0 saturated carbocycles. The molecule has 1 aliphatic rings. The maximum Gasteiger partial charge on any atom is 0.246 e. The molecule has 2 atom stereocenters. The van der Waals surface area contributed by atoms with E-state index in [1.54, 1.807) is 16.2 Å². The third kappa shape index (κ3) is 2.97. The largest absolute Gasteiger partial charge is 0.343 e. The zero-order valence-electron chi connectivity index (χ0n) is 11.4. The molecule has 2 unspecified atom stereocenters. The second-order valence-electron chi connectivity index (χ2n) is 4.82. The van der Waals surface area contributed by atoms with Gasteiger partial charge in [0.15, 0.2) is 0 Å². The smallest absolute Gasteiger partial charge is 0.246 e. The fourth-order valence-corrected chi connectivity index (χ4v) is 3.12. The van der Waals surface area contributed by atoms with E-state index in [0.717, 1.165) is 17.7 Å². The van der Waals surface area contributed by atoms with Crippen LogP contribution < -0.4 is 5.32 Å². The van der Waals surface area contributed by atoms with Gasteiger partial charge in [-0.3, -0.25) is 9.59 Å². The van der Waals surface area contributed by atoms with Crippen LogP contribution in [-0.4, -0.2) is 28.8 Å². The van der Waals surface area contributed by atoms with Gasteiger partial charge in [-0.15, -0.1) is 11.3 Å². The molecule has 1 aromatic heterocycles. The predicted molar refractivity (Wildman–Crippen MR) is 75.8 cm³/mol. The number of rotatable bonds is 5. The maximum atomic E-state index is 12.4. The summed E-state index contributed by atoms with van der Waals surface area (Å²) in [5.41, 5.74) is 0. The van der Waals surface area contributed by atoms with Gasteiger partial charge in [-0.2, -0.15) is 0 Å². The molecule has 2 amide bonds. The summed E-state index contributed by atoms with van der Waals surface area (Å²) in [5, 5.41) is 4.83. The number of nitrogens with zero attached hydrogens (tertiary/aromatic N) is 1. The minimum atomic E-state index is -0.361. The maximum absolute atomic E-state index is 12.4. The summed E-state index contributed by atoms with van der Waals surface area (Å²) in [6.45, 7) is 4.50. The fourth-order valence-electron chi connectivity index (χ4n) is 2.42. The quantitative estimate of drug-likeness (QED) is 0.898. The van der Waals surface area contributed by atoms with Crippen molar-refractivity contribution in [1.82, 2.24) is 10.2 Å². The highest BCUT2D eigenvalue weighted by atomic mass is 32.1. The Hall–Kier alpha value is -1.36. The van der Waals surface area contributed by atoms with E-state index >= 15 is 0 Å². The number of hydrogen-bond donors (Lipinski definition) is 1. The van der Waals surface area contributed by atoms with Crippen LogP contribution in [0.15, 0.2) is 17.5 Å². The highest BCUT2D eigenvalue weighted by Gasteiger charge is 2.39. The van der Waals surface area contributed by atoms with Crippen molar-refractivity contribution in [3.8, 4) is 0 Å². The van der Waals surface area contributed by atoms with Crippen LogP contribution in [0.25, 0.3) is 0 Å². The fraction of sp³-hybridized carbons (Fsp3) is 0.571. The number of piperazine rings is 1. The van der Waals surface area contributed by atoms with E-state index in [1.807, 2.05) is 31.4 Å². The zero-order valence-corrected chi connectivity index (χ0v) is 12.2. The lowest BCUT2D eigenvalue weighted by Crippen LogP contribution is -2.62. The lowest BCUT2D eigenvalue weighted by atomic mass is 10.0. The third-order valence-corrected chi connectivity index (χ3v) is 4.31. The molecule has 2 rings (SSSR count). The van der Waals surface area contributed by atoms with Gasteiger partial charge in [0.2, 0.25) is 11.8 Å². The number of nitrogens with one attached hydrogen (secondary N) is 1. The van der Waals surface area contributed by atoms with Crippen molar-refractivity contribution >= 4 is 23.2 Å². The lowest BCUT2D eigenvalue weighted by molar-refractivity contribution is -0.150. The van der Waals surface area contributed by atoms with Crippen LogP contribution in [0.1, 0.15) is 38.0 Å². The first kappa shape index (κ1) is 14.1. The van der Waals surface area contributed by atoms with E-state index in [1.165, 1.54) is 0 Å². The molecule has 4 nitrogen and oxygen atoms in total. The Morgan fingerprint density at radius 1 is 1.37 bits per heavy atom. The Labute approximate surface area is 117 Å². The van der Waals surface area contributed by atoms with E-state index in [4.69, 9.17) is 0 Å². The molecule has 1 N–H and O–H groups in total. The molecule has 2 heterocycles. The van der Waals surface area contributed by atoms with Gasteiger partial charge in [-0.25, -0.2) is 0 Å². The molecule has 0 aliphatic carbocycles. The van der Waals surface area contributed by atoms with Crippen molar-refractivity contribution < 1.29 is 9.59 Å². The minimum absolute atomic E-state index is 0.00939. The average Bonchev–Trinajstić information content (AvgIpc) is 2.90. The predicted octanol–water partition coefficient (Wildman–Crippen LogP) is 2.15. The standard InChI is InChI=1S/C14H20N2O2S/c1-3-6-12-13(17)15-11(4-2)14(18)16(12)9-10-7-5-8-19-10/h5,7-8,11-12H,3-4,6,9H2,1-2H3,(H,15,17). The summed E-state index contributed by atoms with van der Waals surface area (Å²) in [5.74, 6) is 0.0406. The van der Waals surface area contributed by atoms with Crippen molar-refractivity contribution in [2.45, 2.75) is 51.7 Å². The van der Waals surface area contributed by atoms with Crippen molar-refractivity contribution in [2.75, 3.05) is 0 Å². The van der Waals surface area contributed by atoms with Gasteiger partial charge in [-0.1, -0.05) is 26.3 Å². The van der Waals surface area contributed by atoms with Crippen LogP contribution in [0.4, 0.5) is 0 Å². The molecular weight excluding hydrogens is 260 g/mol. The first-order chi connectivity index (χ1) is 9.17. The van der Waals surface area contributed by atoms with Crippen LogP contribution in [0.5, 0.6) is 0 Å². The van der Waals surface area contributed by atoms with Crippen molar-refractivity contribution in [2.24, 2.45) is 0 Å². The van der Waals surface area contributed by atoms with Gasteiger partial charge in [-0.05, 0) is 24.3 Å². The first-order valence-corrected chi connectivity index (χ1v) is 7.68. The van der Waals surface area contributed by atoms with Gasteiger partial charge in [0.05, 0.1) is 6.54 Å². The molecule has 0 bridgehead atoms. The molecule has 19 heavy (non-hydrogen) atoms. The van der Waals surface area contributed by atoms with E-state index < -0.39 is 0 Å². The number of thiophene rings is 1. The van der Waals surface area contributed by atoms with Gasteiger partial charge in [0.1, 0.15) is 12.1 Å². The summed E-state index contributed by atoms with van der Waals surface area (Å²) in [6.07, 6.45) is 2.26. The van der Waals surface area contributed by atoms with E-state index in [-0.39, 0.29) is 23.9 Å². The highest BCUT2D eigenvalue weighted by Crippen LogP contribution is 2.21. The van der Waals surface area contributed by atoms with Crippen molar-refractivity contribution in [3.05, 3.63) is 22.4 Å². The van der Waals surface area contributed by atoms with Gasteiger partial charge < -0.3 is 10.2 Å². The molecule has 1 saturated heterocycles. The van der Waals surface area contributed by atoms with Gasteiger partial charge in [0, 0.05) is 4.88 Å². The Morgan fingerprint density at radius 2 is 2.16 bits per heavy atom. The molecule has 0 aromatic carbocycles. The van der Waals surface area contributed by atoms with Gasteiger partial charge in [0.25, 0.3) is 0 Å². The second-order valence-corrected chi connectivity index (χ2v) is 5.85. The Balaban J connectivity index is 2.20. The molecule has 5 heteroatoms. The Bertz CT molecular complexity index is 444. The number of amides is 2. The Kier molecular flexibility index (Phi) is 4.58. The summed E-state index contributed by atoms with van der Waals surface area (Å²) in [7, 11) is 0. The highest BCUT2D eigenvalue weighted by molar-refractivity contribution is 7.09. The summed E-state index contributed by atoms with van der Waals surface area (Å²) in [4.78, 5) is 27.4. The van der Waals surface area contributed by atoms with E-state index in [0.29, 0.717) is 13.0 Å². The second kappa shape index (κ2) is 6.19. The molecule has 1 aliphatic heterocycles. The molecule has 0 radical (unpaired) electrons. The van der Waals surface area contributed by atoms with Crippen LogP contribution in [0.2, 0.25) is 0 Å². The van der Waals surface area contributed by atoms with Crippen LogP contribution in [-0.2, 0) is 16.1 Å². The van der Waals surface area contributed by atoms with Crippen molar-refractivity contribution in [3.63, 3.8) is 0 Å². The molecule has 0 spiro atoms. The summed E-state index contributed by atoms with van der Waals surface area (Å²) < 4.78 is 0. The molecule has 1 fully saturated rings. The van der Waals surface area contributed by atoms with Crippen LogP contribution in [0.3, 0.4) is 0 Å². The Morgan fingerprint density at radius 3 is 2.74 bits per heavy atom. The molecule has 1 aromatic rings. The number of carbonyl (C=O) groups excluding carboxylic acids is 2. The minimum Gasteiger partial charge on any atom is -0.343 e. The molecule has 104 valence electrons. The van der Waals surface area contributed by atoms with Gasteiger partial charge >= 0.3 is 0 Å². The third-order valence-electron chi connectivity index (χ3n) is 3.45.